The molecule has 3 aromatic carbocycles. The van der Waals surface area contributed by atoms with Gasteiger partial charge in [-0.15, -0.1) is 0 Å². The van der Waals surface area contributed by atoms with E-state index in [1.54, 1.807) is 6.08 Å². The van der Waals surface area contributed by atoms with Crippen molar-refractivity contribution < 1.29 is 9.53 Å². The van der Waals surface area contributed by atoms with Gasteiger partial charge in [0.15, 0.2) is 0 Å². The topological polar surface area (TPSA) is 62.1 Å². The fraction of sp³-hybridized carbons (Fsp3) is 0.241. The zero-order chi connectivity index (χ0) is 24.7. The molecule has 1 amide bonds. The van der Waals surface area contributed by atoms with Crippen molar-refractivity contribution in [2.45, 2.75) is 40.5 Å². The van der Waals surface area contributed by atoms with Crippen LogP contribution in [0.4, 0.5) is 5.69 Å². The lowest BCUT2D eigenvalue weighted by Gasteiger charge is -2.15. The lowest BCUT2D eigenvalue weighted by Crippen LogP contribution is -2.13. The zero-order valence-electron chi connectivity index (χ0n) is 20.0. The lowest BCUT2D eigenvalue weighted by atomic mass is 9.98. The number of nitrogens with zero attached hydrogens (tertiary/aromatic N) is 1. The molecule has 0 unspecified atom stereocenters. The quantitative estimate of drug-likeness (QED) is 0.255. The standard InChI is InChI=1S/C29H29BrN2O2/c1-5-21-7-9-25(10-8-21)32-29(33)24(18-31)14-23-16-27(30)26(28(17-23)34-6-2)15-22-12-19(3)11-20(4)13-22/h7-14,16-17H,5-6,15H2,1-4H3,(H,32,33)/b24-14+. The largest absolute Gasteiger partial charge is 0.494 e. The summed E-state index contributed by atoms with van der Waals surface area (Å²) < 4.78 is 6.81. The highest BCUT2D eigenvalue weighted by Gasteiger charge is 2.14. The molecule has 0 bridgehead atoms. The molecular weight excluding hydrogens is 488 g/mol. The van der Waals surface area contributed by atoms with Gasteiger partial charge in [-0.2, -0.15) is 5.26 Å². The van der Waals surface area contributed by atoms with Crippen LogP contribution >= 0.6 is 15.9 Å². The number of hydrogen-bond donors (Lipinski definition) is 1. The second-order valence-electron chi connectivity index (χ2n) is 8.26. The summed E-state index contributed by atoms with van der Waals surface area (Å²) in [4.78, 5) is 12.7. The minimum Gasteiger partial charge on any atom is -0.494 e. The second kappa shape index (κ2) is 11.7. The zero-order valence-corrected chi connectivity index (χ0v) is 21.6. The van der Waals surface area contributed by atoms with Crippen molar-refractivity contribution in [2.75, 3.05) is 11.9 Å². The average Bonchev–Trinajstić information content (AvgIpc) is 2.79. The van der Waals surface area contributed by atoms with Crippen LogP contribution in [-0.4, -0.2) is 12.5 Å². The maximum absolute atomic E-state index is 12.7. The summed E-state index contributed by atoms with van der Waals surface area (Å²) in [7, 11) is 0. The van der Waals surface area contributed by atoms with Gasteiger partial charge in [0.05, 0.1) is 6.61 Å². The molecule has 5 heteroatoms. The Balaban J connectivity index is 1.90. The average molecular weight is 517 g/mol. The van der Waals surface area contributed by atoms with E-state index in [0.29, 0.717) is 24.3 Å². The number of carbonyl (C=O) groups is 1. The molecule has 3 aromatic rings. The van der Waals surface area contributed by atoms with E-state index >= 15 is 0 Å². The number of benzene rings is 3. The maximum Gasteiger partial charge on any atom is 0.266 e. The van der Waals surface area contributed by atoms with Gasteiger partial charge in [0.2, 0.25) is 0 Å². The number of anilines is 1. The molecule has 174 valence electrons. The molecule has 0 spiro atoms. The maximum atomic E-state index is 12.7. The van der Waals surface area contributed by atoms with Crippen LogP contribution < -0.4 is 10.1 Å². The van der Waals surface area contributed by atoms with Crippen molar-refractivity contribution in [1.29, 1.82) is 5.26 Å². The van der Waals surface area contributed by atoms with Gasteiger partial charge in [-0.05, 0) is 74.2 Å². The minimum absolute atomic E-state index is 0.0241. The van der Waals surface area contributed by atoms with Crippen LogP contribution in [0.25, 0.3) is 6.08 Å². The number of amides is 1. The monoisotopic (exact) mass is 516 g/mol. The molecule has 0 saturated heterocycles. The van der Waals surface area contributed by atoms with Crippen molar-refractivity contribution in [2.24, 2.45) is 0 Å². The van der Waals surface area contributed by atoms with Gasteiger partial charge in [0.1, 0.15) is 17.4 Å². The van der Waals surface area contributed by atoms with Gasteiger partial charge in [-0.25, -0.2) is 0 Å². The summed E-state index contributed by atoms with van der Waals surface area (Å²) in [6.45, 7) is 8.71. The molecule has 0 radical (unpaired) electrons. The van der Waals surface area contributed by atoms with Crippen LogP contribution in [0.5, 0.6) is 5.75 Å². The number of rotatable bonds is 8. The van der Waals surface area contributed by atoms with E-state index in [2.05, 4.69) is 60.2 Å². The van der Waals surface area contributed by atoms with Crippen LogP contribution in [0.1, 0.15) is 47.2 Å². The first-order valence-electron chi connectivity index (χ1n) is 11.4. The Labute approximate surface area is 210 Å². The molecule has 0 aromatic heterocycles. The highest BCUT2D eigenvalue weighted by atomic mass is 79.9. The van der Waals surface area contributed by atoms with E-state index in [1.807, 2.05) is 49.4 Å². The van der Waals surface area contributed by atoms with E-state index in [0.717, 1.165) is 22.2 Å². The third-order valence-corrected chi connectivity index (χ3v) is 6.14. The molecule has 0 saturated carbocycles. The molecule has 0 atom stereocenters. The van der Waals surface area contributed by atoms with Crippen molar-refractivity contribution in [3.63, 3.8) is 0 Å². The predicted octanol–water partition coefficient (Wildman–Crippen LogP) is 7.16. The van der Waals surface area contributed by atoms with Gasteiger partial charge >= 0.3 is 0 Å². The first kappa shape index (κ1) is 25.3. The van der Waals surface area contributed by atoms with E-state index < -0.39 is 5.91 Å². The number of halogens is 1. The van der Waals surface area contributed by atoms with E-state index in [-0.39, 0.29) is 5.57 Å². The number of nitrogens with one attached hydrogen (secondary N) is 1. The Morgan fingerprint density at radius 3 is 2.29 bits per heavy atom. The van der Waals surface area contributed by atoms with Crippen LogP contribution in [0.3, 0.4) is 0 Å². The lowest BCUT2D eigenvalue weighted by molar-refractivity contribution is -0.112. The summed E-state index contributed by atoms with van der Waals surface area (Å²) in [6.07, 6.45) is 3.22. The molecular formula is C29H29BrN2O2. The van der Waals surface area contributed by atoms with Crippen LogP contribution in [0.2, 0.25) is 0 Å². The first-order chi connectivity index (χ1) is 16.3. The molecule has 4 nitrogen and oxygen atoms in total. The Kier molecular flexibility index (Phi) is 8.67. The molecule has 3 rings (SSSR count). The fourth-order valence-corrected chi connectivity index (χ4v) is 4.48. The molecule has 0 aliphatic carbocycles. The molecule has 0 aliphatic rings. The first-order valence-corrected chi connectivity index (χ1v) is 12.2. The van der Waals surface area contributed by atoms with Gasteiger partial charge in [-0.1, -0.05) is 64.3 Å². The van der Waals surface area contributed by atoms with Gasteiger partial charge in [0.25, 0.3) is 5.91 Å². The summed E-state index contributed by atoms with van der Waals surface area (Å²) in [5.74, 6) is 0.287. The summed E-state index contributed by atoms with van der Waals surface area (Å²) >= 11 is 3.69. The molecule has 0 fully saturated rings. The summed E-state index contributed by atoms with van der Waals surface area (Å²) in [5, 5.41) is 12.4. The highest BCUT2D eigenvalue weighted by Crippen LogP contribution is 2.33. The van der Waals surface area contributed by atoms with Crippen LogP contribution in [-0.2, 0) is 17.6 Å². The Bertz CT molecular complexity index is 1230. The smallest absolute Gasteiger partial charge is 0.266 e. The number of nitriles is 1. The van der Waals surface area contributed by atoms with Gasteiger partial charge in [0, 0.05) is 22.1 Å². The van der Waals surface area contributed by atoms with Crippen molar-refractivity contribution in [3.8, 4) is 11.8 Å². The Hall–Kier alpha value is -3.36. The normalized spacial score (nSPS) is 11.1. The Morgan fingerprint density at radius 1 is 1.03 bits per heavy atom. The van der Waals surface area contributed by atoms with Crippen molar-refractivity contribution >= 4 is 33.6 Å². The fourth-order valence-electron chi connectivity index (χ4n) is 3.88. The third kappa shape index (κ3) is 6.59. The van der Waals surface area contributed by atoms with Gasteiger partial charge in [-0.3, -0.25) is 4.79 Å². The molecule has 34 heavy (non-hydrogen) atoms. The van der Waals surface area contributed by atoms with Gasteiger partial charge < -0.3 is 10.1 Å². The Morgan fingerprint density at radius 2 is 1.71 bits per heavy atom. The van der Waals surface area contributed by atoms with Crippen molar-refractivity contribution in [1.82, 2.24) is 0 Å². The highest BCUT2D eigenvalue weighted by molar-refractivity contribution is 9.10. The van der Waals surface area contributed by atoms with E-state index in [1.165, 1.54) is 22.3 Å². The summed E-state index contributed by atoms with van der Waals surface area (Å²) in [5.41, 5.74) is 7.25. The van der Waals surface area contributed by atoms with Crippen LogP contribution in [0.15, 0.2) is 64.6 Å². The molecule has 0 heterocycles. The van der Waals surface area contributed by atoms with Crippen LogP contribution in [0, 0.1) is 25.2 Å². The van der Waals surface area contributed by atoms with Crippen molar-refractivity contribution in [3.05, 3.63) is 98.0 Å². The number of ether oxygens (including phenoxy) is 1. The third-order valence-electron chi connectivity index (χ3n) is 5.44. The number of carbonyl (C=O) groups excluding carboxylic acids is 1. The number of hydrogen-bond acceptors (Lipinski definition) is 3. The molecule has 0 aliphatic heterocycles. The van der Waals surface area contributed by atoms with E-state index in [9.17, 15) is 10.1 Å². The SMILES string of the molecule is CCOc1cc(/C=C(\C#N)C(=O)Nc2ccc(CC)cc2)cc(Br)c1Cc1cc(C)cc(C)c1. The predicted molar refractivity (Wildman–Crippen MR) is 142 cm³/mol. The second-order valence-corrected chi connectivity index (χ2v) is 9.11. The van der Waals surface area contributed by atoms with E-state index in [4.69, 9.17) is 4.74 Å². The molecule has 1 N–H and O–H groups in total. The minimum atomic E-state index is -0.444. The number of aryl methyl sites for hydroxylation is 3. The summed E-state index contributed by atoms with van der Waals surface area (Å²) in [6, 6.07) is 19.9.